The maximum Gasteiger partial charge on any atom is 0.337 e. The quantitative estimate of drug-likeness (QED) is 0.759. The number of urea groups is 1. The molecule has 0 saturated carbocycles. The summed E-state index contributed by atoms with van der Waals surface area (Å²) in [6.07, 6.45) is 0. The summed E-state index contributed by atoms with van der Waals surface area (Å²) in [7, 11) is 1.50. The van der Waals surface area contributed by atoms with Crippen LogP contribution in [-0.4, -0.2) is 36.9 Å². The molecule has 7 heteroatoms. The van der Waals surface area contributed by atoms with E-state index in [9.17, 15) is 14.0 Å². The lowest BCUT2D eigenvalue weighted by Crippen LogP contribution is -2.38. The standard InChI is InChI=1S/C12H15FN2O4/c1-7(6-19-2)14-12(18)15-10-4-3-8(13)5-9(10)11(16)17/h3-5,7H,6H2,1-2H3,(H,16,17)(H2,14,15,18). The first-order valence-corrected chi connectivity index (χ1v) is 5.53. The molecule has 0 aromatic heterocycles. The van der Waals surface area contributed by atoms with E-state index in [1.54, 1.807) is 6.92 Å². The molecule has 1 atom stereocenters. The van der Waals surface area contributed by atoms with Crippen LogP contribution in [0.4, 0.5) is 14.9 Å². The molecule has 1 rings (SSSR count). The van der Waals surface area contributed by atoms with Gasteiger partial charge in [0.25, 0.3) is 0 Å². The largest absolute Gasteiger partial charge is 0.478 e. The van der Waals surface area contributed by atoms with Gasteiger partial charge in [0.2, 0.25) is 0 Å². The molecule has 0 saturated heterocycles. The molecule has 19 heavy (non-hydrogen) atoms. The summed E-state index contributed by atoms with van der Waals surface area (Å²) >= 11 is 0. The molecule has 104 valence electrons. The smallest absolute Gasteiger partial charge is 0.337 e. The molecule has 0 spiro atoms. The number of aromatic carboxylic acids is 1. The molecule has 0 radical (unpaired) electrons. The van der Waals surface area contributed by atoms with Gasteiger partial charge in [-0.05, 0) is 25.1 Å². The van der Waals surface area contributed by atoms with E-state index in [0.717, 1.165) is 12.1 Å². The first-order valence-electron chi connectivity index (χ1n) is 5.53. The monoisotopic (exact) mass is 270 g/mol. The molecule has 3 N–H and O–H groups in total. The Hall–Kier alpha value is -2.15. The normalized spacial score (nSPS) is 11.7. The highest BCUT2D eigenvalue weighted by atomic mass is 19.1. The third kappa shape index (κ3) is 4.55. The molecule has 0 fully saturated rings. The molecule has 0 aliphatic rings. The van der Waals surface area contributed by atoms with E-state index >= 15 is 0 Å². The second-order valence-corrected chi connectivity index (χ2v) is 3.95. The van der Waals surface area contributed by atoms with Crippen LogP contribution in [0.25, 0.3) is 0 Å². The minimum Gasteiger partial charge on any atom is -0.478 e. The zero-order valence-electron chi connectivity index (χ0n) is 10.6. The van der Waals surface area contributed by atoms with Gasteiger partial charge in [-0.2, -0.15) is 0 Å². The summed E-state index contributed by atoms with van der Waals surface area (Å²) in [6.45, 7) is 2.05. The number of amides is 2. The maximum absolute atomic E-state index is 12.9. The molecular weight excluding hydrogens is 255 g/mol. The van der Waals surface area contributed by atoms with Crippen LogP contribution in [0.1, 0.15) is 17.3 Å². The third-order valence-corrected chi connectivity index (χ3v) is 2.25. The number of anilines is 1. The van der Waals surface area contributed by atoms with E-state index in [2.05, 4.69) is 10.6 Å². The van der Waals surface area contributed by atoms with Gasteiger partial charge in [-0.3, -0.25) is 0 Å². The Kier molecular flexibility index (Phi) is 5.25. The zero-order chi connectivity index (χ0) is 14.4. The lowest BCUT2D eigenvalue weighted by Gasteiger charge is -2.14. The number of hydrogen-bond acceptors (Lipinski definition) is 3. The first kappa shape index (κ1) is 14.9. The fourth-order valence-corrected chi connectivity index (χ4v) is 1.48. The van der Waals surface area contributed by atoms with Crippen molar-refractivity contribution in [2.45, 2.75) is 13.0 Å². The number of carbonyl (C=O) groups excluding carboxylic acids is 1. The lowest BCUT2D eigenvalue weighted by molar-refractivity contribution is 0.0697. The molecule has 0 heterocycles. The second kappa shape index (κ2) is 6.69. The predicted octanol–water partition coefficient (Wildman–Crippen LogP) is 1.68. The fourth-order valence-electron chi connectivity index (χ4n) is 1.48. The van der Waals surface area contributed by atoms with Crippen LogP contribution in [0.2, 0.25) is 0 Å². The van der Waals surface area contributed by atoms with Crippen molar-refractivity contribution in [3.05, 3.63) is 29.6 Å². The van der Waals surface area contributed by atoms with E-state index in [1.165, 1.54) is 13.2 Å². The highest BCUT2D eigenvalue weighted by Crippen LogP contribution is 2.16. The zero-order valence-corrected chi connectivity index (χ0v) is 10.6. The van der Waals surface area contributed by atoms with Crippen LogP contribution in [0, 0.1) is 5.82 Å². The fraction of sp³-hybridized carbons (Fsp3) is 0.333. The van der Waals surface area contributed by atoms with Crippen LogP contribution in [-0.2, 0) is 4.74 Å². The number of ether oxygens (including phenoxy) is 1. The summed E-state index contributed by atoms with van der Waals surface area (Å²) in [6, 6.07) is 2.29. The topological polar surface area (TPSA) is 87.7 Å². The van der Waals surface area contributed by atoms with Gasteiger partial charge in [0.05, 0.1) is 23.9 Å². The van der Waals surface area contributed by atoms with Gasteiger partial charge in [-0.1, -0.05) is 0 Å². The Balaban J connectivity index is 2.76. The molecule has 1 aromatic rings. The van der Waals surface area contributed by atoms with Crippen molar-refractivity contribution < 1.29 is 23.8 Å². The van der Waals surface area contributed by atoms with Gasteiger partial charge in [0.15, 0.2) is 0 Å². The predicted molar refractivity (Wildman–Crippen MR) is 66.9 cm³/mol. The van der Waals surface area contributed by atoms with Crippen molar-refractivity contribution in [1.82, 2.24) is 5.32 Å². The van der Waals surface area contributed by atoms with Crippen molar-refractivity contribution in [2.24, 2.45) is 0 Å². The Morgan fingerprint density at radius 3 is 2.74 bits per heavy atom. The number of hydrogen-bond donors (Lipinski definition) is 3. The average molecular weight is 270 g/mol. The Morgan fingerprint density at radius 1 is 1.47 bits per heavy atom. The molecule has 2 amide bonds. The summed E-state index contributed by atoms with van der Waals surface area (Å²) in [5.74, 6) is -2.00. The average Bonchev–Trinajstić information content (AvgIpc) is 2.31. The number of rotatable bonds is 5. The van der Waals surface area contributed by atoms with Gasteiger partial charge in [0.1, 0.15) is 5.82 Å². The molecule has 1 aromatic carbocycles. The van der Waals surface area contributed by atoms with Crippen molar-refractivity contribution in [1.29, 1.82) is 0 Å². The van der Waals surface area contributed by atoms with Crippen LogP contribution in [0.5, 0.6) is 0 Å². The molecule has 1 unspecified atom stereocenters. The van der Waals surface area contributed by atoms with Crippen LogP contribution < -0.4 is 10.6 Å². The number of methoxy groups -OCH3 is 1. The summed E-state index contributed by atoms with van der Waals surface area (Å²) in [4.78, 5) is 22.5. The maximum atomic E-state index is 12.9. The number of benzene rings is 1. The number of carboxylic acid groups (broad SMARTS) is 1. The van der Waals surface area contributed by atoms with Gasteiger partial charge in [-0.25, -0.2) is 14.0 Å². The lowest BCUT2D eigenvalue weighted by atomic mass is 10.1. The Labute approximate surface area is 109 Å². The van der Waals surface area contributed by atoms with Crippen molar-refractivity contribution in [3.8, 4) is 0 Å². The summed E-state index contributed by atoms with van der Waals surface area (Å²) < 4.78 is 17.8. The molecule has 6 nitrogen and oxygen atoms in total. The summed E-state index contributed by atoms with van der Waals surface area (Å²) in [5.41, 5.74) is -0.287. The van der Waals surface area contributed by atoms with Gasteiger partial charge in [0, 0.05) is 7.11 Å². The number of halogens is 1. The minimum absolute atomic E-state index is 0.0241. The van der Waals surface area contributed by atoms with E-state index < -0.39 is 17.8 Å². The summed E-state index contributed by atoms with van der Waals surface area (Å²) in [5, 5.41) is 13.8. The van der Waals surface area contributed by atoms with E-state index in [0.29, 0.717) is 6.61 Å². The van der Waals surface area contributed by atoms with Crippen molar-refractivity contribution >= 4 is 17.7 Å². The van der Waals surface area contributed by atoms with Crippen LogP contribution in [0.3, 0.4) is 0 Å². The molecule has 0 aliphatic carbocycles. The Bertz CT molecular complexity index is 479. The van der Waals surface area contributed by atoms with Crippen LogP contribution in [0.15, 0.2) is 18.2 Å². The number of carboxylic acids is 1. The number of nitrogens with one attached hydrogen (secondary N) is 2. The van der Waals surface area contributed by atoms with Crippen molar-refractivity contribution in [3.63, 3.8) is 0 Å². The SMILES string of the molecule is COCC(C)NC(=O)Nc1ccc(F)cc1C(=O)O. The molecule has 0 bridgehead atoms. The van der Waals surface area contributed by atoms with E-state index in [4.69, 9.17) is 9.84 Å². The van der Waals surface area contributed by atoms with Crippen LogP contribution >= 0.6 is 0 Å². The highest BCUT2D eigenvalue weighted by Gasteiger charge is 2.14. The first-order chi connectivity index (χ1) is 8.93. The van der Waals surface area contributed by atoms with E-state index in [-0.39, 0.29) is 17.3 Å². The van der Waals surface area contributed by atoms with Crippen molar-refractivity contribution in [2.75, 3.05) is 19.0 Å². The van der Waals surface area contributed by atoms with Gasteiger partial charge >= 0.3 is 12.0 Å². The second-order valence-electron chi connectivity index (χ2n) is 3.95. The molecule has 0 aliphatic heterocycles. The third-order valence-electron chi connectivity index (χ3n) is 2.25. The Morgan fingerprint density at radius 2 is 2.16 bits per heavy atom. The molecular formula is C12H15FN2O4. The van der Waals surface area contributed by atoms with Gasteiger partial charge < -0.3 is 20.5 Å². The minimum atomic E-state index is -1.32. The van der Waals surface area contributed by atoms with E-state index in [1.807, 2.05) is 0 Å². The number of carbonyl (C=O) groups is 2. The highest BCUT2D eigenvalue weighted by molar-refractivity contribution is 6.00. The van der Waals surface area contributed by atoms with Gasteiger partial charge in [-0.15, -0.1) is 0 Å².